The van der Waals surface area contributed by atoms with Gasteiger partial charge < -0.3 is 26.4 Å². The summed E-state index contributed by atoms with van der Waals surface area (Å²) in [5.41, 5.74) is 9.21. The van der Waals surface area contributed by atoms with Gasteiger partial charge in [-0.15, -0.1) is 20.4 Å². The van der Waals surface area contributed by atoms with Gasteiger partial charge in [0.25, 0.3) is 0 Å². The van der Waals surface area contributed by atoms with Crippen molar-refractivity contribution in [1.29, 1.82) is 0 Å². The van der Waals surface area contributed by atoms with E-state index in [1.807, 2.05) is 94.8 Å². The molecule has 2 fully saturated rings. The van der Waals surface area contributed by atoms with Crippen molar-refractivity contribution < 1.29 is 9.53 Å². The maximum Gasteiger partial charge on any atom is 0.407 e. The van der Waals surface area contributed by atoms with Gasteiger partial charge in [-0.05, 0) is 95.0 Å². The molecule has 310 valence electrons. The van der Waals surface area contributed by atoms with Gasteiger partial charge in [-0.25, -0.2) is 24.7 Å². The number of ether oxygens (including phenoxy) is 1. The fraction of sp³-hybridized carbons (Fsp3) is 0.357. The molecule has 2 saturated carbocycles. The Morgan fingerprint density at radius 3 is 1.85 bits per heavy atom. The molecule has 9 rings (SSSR count). The monoisotopic (exact) mass is 848 g/mol. The molecule has 60 heavy (non-hydrogen) atoms. The lowest BCUT2D eigenvalue weighted by Gasteiger charge is -2.38. The molecule has 16 nitrogen and oxygen atoms in total. The largest absolute Gasteiger partial charge is 0.445 e. The molecule has 0 unspecified atom stereocenters. The fourth-order valence-electron chi connectivity index (χ4n) is 7.93. The highest BCUT2D eigenvalue weighted by Gasteiger charge is 2.35. The number of hydrogen-bond donors (Lipinski definition) is 4. The highest BCUT2D eigenvalue weighted by Crippen LogP contribution is 2.32. The van der Waals surface area contributed by atoms with Crippen LogP contribution >= 0.6 is 23.2 Å². The average molecular weight is 850 g/mol. The number of nitrogens with zero attached hydrogens (tertiary/aromatic N) is 10. The summed E-state index contributed by atoms with van der Waals surface area (Å²) in [4.78, 5) is 30.4. The molecule has 2 aliphatic rings. The number of anilines is 2. The Hall–Kier alpha value is -5.97. The number of rotatable bonds is 9. The third kappa shape index (κ3) is 9.73. The number of amides is 1. The number of carbonyl (C=O) groups excluding carboxylic acids is 1. The zero-order chi connectivity index (χ0) is 41.7. The third-order valence-corrected chi connectivity index (χ3v) is 11.4. The van der Waals surface area contributed by atoms with Gasteiger partial charge in [0.2, 0.25) is 11.9 Å². The molecule has 7 aromatic rings. The minimum atomic E-state index is -0.416. The van der Waals surface area contributed by atoms with Gasteiger partial charge in [-0.2, -0.15) is 0 Å². The summed E-state index contributed by atoms with van der Waals surface area (Å²) < 4.78 is 9.12. The van der Waals surface area contributed by atoms with Crippen molar-refractivity contribution in [2.75, 3.05) is 10.6 Å². The lowest BCUT2D eigenvalue weighted by molar-refractivity contribution is 0.120. The number of halogens is 2. The Bertz CT molecular complexity index is 2580. The van der Waals surface area contributed by atoms with Crippen molar-refractivity contribution in [2.24, 2.45) is 5.73 Å². The Labute approximate surface area is 356 Å². The fourth-order valence-corrected chi connectivity index (χ4v) is 8.28. The molecule has 4 atom stereocenters. The maximum absolute atomic E-state index is 12.5. The zero-order valence-electron chi connectivity index (χ0n) is 33.3. The second-order valence-corrected chi connectivity index (χ2v) is 16.8. The highest BCUT2D eigenvalue weighted by atomic mass is 35.5. The van der Waals surface area contributed by atoms with Crippen LogP contribution in [0.5, 0.6) is 0 Å². The van der Waals surface area contributed by atoms with E-state index in [0.717, 1.165) is 56.2 Å². The van der Waals surface area contributed by atoms with Crippen molar-refractivity contribution >= 4 is 52.5 Å². The van der Waals surface area contributed by atoms with E-state index < -0.39 is 11.6 Å². The summed E-state index contributed by atoms with van der Waals surface area (Å²) in [5.74, 6) is 2.14. The predicted octanol–water partition coefficient (Wildman–Crippen LogP) is 7.79. The highest BCUT2D eigenvalue weighted by molar-refractivity contribution is 6.33. The van der Waals surface area contributed by atoms with Gasteiger partial charge in [0.15, 0.2) is 22.9 Å². The summed E-state index contributed by atoms with van der Waals surface area (Å²) in [5, 5.41) is 27.5. The SMILES string of the molecule is C[C@]1(N)CCC[C@@H](Nc2ncc(Cl)c(-c3nnc4ccccn34)n2)C1.C[C@]1(NC(=O)OCc2ccccc2)CCC[C@@H](Nc2ncc(Cl)c(-c3nnc4ccccn34)n2)C1. The number of carbonyl (C=O) groups is 1. The van der Waals surface area contributed by atoms with E-state index in [4.69, 9.17) is 33.7 Å². The Balaban J connectivity index is 0.000000176. The van der Waals surface area contributed by atoms with Crippen LogP contribution in [0, 0.1) is 0 Å². The van der Waals surface area contributed by atoms with Gasteiger partial charge >= 0.3 is 6.09 Å². The van der Waals surface area contributed by atoms with Crippen LogP contribution < -0.4 is 21.7 Å². The zero-order valence-corrected chi connectivity index (χ0v) is 34.8. The molecule has 1 amide bonds. The molecule has 0 aliphatic heterocycles. The van der Waals surface area contributed by atoms with Gasteiger partial charge in [-0.3, -0.25) is 8.80 Å². The molecule has 5 N–H and O–H groups in total. The summed E-state index contributed by atoms with van der Waals surface area (Å²) >= 11 is 12.7. The summed E-state index contributed by atoms with van der Waals surface area (Å²) in [6, 6.07) is 21.3. The van der Waals surface area contributed by atoms with E-state index in [-0.39, 0.29) is 24.2 Å². The molecule has 6 heterocycles. The van der Waals surface area contributed by atoms with Crippen LogP contribution in [-0.2, 0) is 11.3 Å². The lowest BCUT2D eigenvalue weighted by atomic mass is 9.80. The van der Waals surface area contributed by atoms with E-state index in [2.05, 4.69) is 63.2 Å². The van der Waals surface area contributed by atoms with Gasteiger partial charge in [0, 0.05) is 35.6 Å². The molecular weight excluding hydrogens is 803 g/mol. The standard InChI is InChI=1S/C25H26ClN7O2.C17H20ClN7/c1-25(30-24(34)35-16-17-8-3-2-4-9-17)12-7-10-18(14-25)28-23-27-15-19(26)21(29-23)22-32-31-20-11-5-6-13-33(20)22;1-17(19)7-4-5-11(9-17)21-16-20-10-12(18)14(22-16)15-24-23-13-6-2-3-8-25(13)15/h2-6,8-9,11,13,15,18H,7,10,12,14,16H2,1H3,(H,30,34)(H,27,28,29);2-3,6,8,10-11H,4-5,7,9,19H2,1H3,(H,20,21,22)/t18-,25+;11-,17+/m11/s1. The Morgan fingerprint density at radius 1 is 0.750 bits per heavy atom. The van der Waals surface area contributed by atoms with Crippen LogP contribution in [-0.4, -0.2) is 78.4 Å². The second-order valence-electron chi connectivity index (χ2n) is 16.0. The number of pyridine rings is 2. The number of fused-ring (bicyclic) bond motifs is 2. The molecule has 0 spiro atoms. The number of alkyl carbamates (subject to hydrolysis) is 1. The van der Waals surface area contributed by atoms with Gasteiger partial charge in [-0.1, -0.05) is 65.7 Å². The Morgan fingerprint density at radius 2 is 1.28 bits per heavy atom. The van der Waals surface area contributed by atoms with Gasteiger partial charge in [0.1, 0.15) is 18.0 Å². The molecule has 2 aliphatic carbocycles. The quantitative estimate of drug-likeness (QED) is 0.110. The molecule has 6 aromatic heterocycles. The predicted molar refractivity (Wildman–Crippen MR) is 231 cm³/mol. The summed E-state index contributed by atoms with van der Waals surface area (Å²) in [7, 11) is 0. The molecule has 18 heteroatoms. The second kappa shape index (κ2) is 17.7. The normalized spacial score (nSPS) is 21.5. The van der Waals surface area contributed by atoms with E-state index in [1.165, 1.54) is 0 Å². The van der Waals surface area contributed by atoms with Crippen molar-refractivity contribution in [3.05, 3.63) is 107 Å². The average Bonchev–Trinajstić information content (AvgIpc) is 3.87. The minimum Gasteiger partial charge on any atom is -0.445 e. The van der Waals surface area contributed by atoms with E-state index >= 15 is 0 Å². The van der Waals surface area contributed by atoms with Crippen molar-refractivity contribution in [3.8, 4) is 23.0 Å². The smallest absolute Gasteiger partial charge is 0.407 e. The molecule has 0 radical (unpaired) electrons. The lowest BCUT2D eigenvalue weighted by Crippen LogP contribution is -2.51. The topological polar surface area (TPSA) is 200 Å². The van der Waals surface area contributed by atoms with Crippen molar-refractivity contribution in [1.82, 2.24) is 54.4 Å². The molecule has 0 saturated heterocycles. The van der Waals surface area contributed by atoms with Crippen LogP contribution in [0.1, 0.15) is 70.8 Å². The molecule has 1 aromatic carbocycles. The van der Waals surface area contributed by atoms with Crippen LogP contribution in [0.3, 0.4) is 0 Å². The minimum absolute atomic E-state index is 0.0762. The van der Waals surface area contributed by atoms with Crippen molar-refractivity contribution in [3.63, 3.8) is 0 Å². The first-order chi connectivity index (χ1) is 29.0. The van der Waals surface area contributed by atoms with Crippen LogP contribution in [0.15, 0.2) is 91.5 Å². The third-order valence-electron chi connectivity index (χ3n) is 10.8. The molecular formula is C42H46Cl2N14O2. The summed E-state index contributed by atoms with van der Waals surface area (Å²) in [6.45, 7) is 4.38. The van der Waals surface area contributed by atoms with Crippen LogP contribution in [0.4, 0.5) is 16.7 Å². The number of nitrogens with one attached hydrogen (secondary N) is 3. The first-order valence-corrected chi connectivity index (χ1v) is 20.7. The number of hydrogen-bond acceptors (Lipinski definition) is 13. The maximum atomic E-state index is 12.5. The van der Waals surface area contributed by atoms with Gasteiger partial charge in [0.05, 0.1) is 22.4 Å². The molecule has 0 bridgehead atoms. The summed E-state index contributed by atoms with van der Waals surface area (Å²) in [6.07, 6.45) is 14.1. The van der Waals surface area contributed by atoms with Crippen LogP contribution in [0.25, 0.3) is 34.3 Å². The first kappa shape index (κ1) is 40.8. The van der Waals surface area contributed by atoms with E-state index in [9.17, 15) is 4.79 Å². The first-order valence-electron chi connectivity index (χ1n) is 20.0. The number of nitrogens with two attached hydrogens (primary N) is 1. The number of aromatic nitrogens is 10. The number of benzene rings is 1. The van der Waals surface area contributed by atoms with E-state index in [1.54, 1.807) is 12.4 Å². The van der Waals surface area contributed by atoms with Crippen LogP contribution in [0.2, 0.25) is 10.0 Å². The Kier molecular flexibility index (Phi) is 12.0. The van der Waals surface area contributed by atoms with Crippen molar-refractivity contribution in [2.45, 2.75) is 95.0 Å². The van der Waals surface area contributed by atoms with E-state index in [0.29, 0.717) is 57.0 Å².